The Morgan fingerprint density at radius 1 is 1.47 bits per heavy atom. The average Bonchev–Trinajstić information content (AvgIpc) is 2.18. The topological polar surface area (TPSA) is 92.4 Å². The summed E-state index contributed by atoms with van der Waals surface area (Å²) in [6.45, 7) is 0. The van der Waals surface area contributed by atoms with Crippen LogP contribution in [0.2, 0.25) is 0 Å². The molecule has 0 heterocycles. The second kappa shape index (κ2) is 5.59. The molecular formula is C9H12N2O3S. The number of hydrogen-bond acceptors (Lipinski definition) is 3. The van der Waals surface area contributed by atoms with E-state index in [-0.39, 0.29) is 0 Å². The van der Waals surface area contributed by atoms with E-state index in [0.29, 0.717) is 6.42 Å². The van der Waals surface area contributed by atoms with Crippen LogP contribution in [0.15, 0.2) is 30.3 Å². The summed E-state index contributed by atoms with van der Waals surface area (Å²) in [6.07, 6.45) is 0.337. The maximum Gasteiger partial charge on any atom is 0.261 e. The van der Waals surface area contributed by atoms with Crippen LogP contribution in [0.25, 0.3) is 0 Å². The first-order chi connectivity index (χ1) is 7.09. The SMILES string of the molecule is N[C@@H](Cc1ccccc1)C(=O)NS(=O)O. The molecule has 1 aromatic carbocycles. The van der Waals surface area contributed by atoms with Crippen LogP contribution in [-0.4, -0.2) is 20.7 Å². The van der Waals surface area contributed by atoms with Crippen molar-refractivity contribution >= 4 is 17.2 Å². The van der Waals surface area contributed by atoms with Gasteiger partial charge in [-0.05, 0) is 12.0 Å². The fourth-order valence-electron chi connectivity index (χ4n) is 1.12. The lowest BCUT2D eigenvalue weighted by Gasteiger charge is -2.09. The van der Waals surface area contributed by atoms with E-state index < -0.39 is 23.2 Å². The Morgan fingerprint density at radius 3 is 2.60 bits per heavy atom. The highest BCUT2D eigenvalue weighted by Crippen LogP contribution is 2.01. The van der Waals surface area contributed by atoms with Crippen molar-refractivity contribution in [1.82, 2.24) is 4.72 Å². The summed E-state index contributed by atoms with van der Waals surface area (Å²) in [5.74, 6) is -0.639. The highest BCUT2D eigenvalue weighted by atomic mass is 32.2. The van der Waals surface area contributed by atoms with Crippen molar-refractivity contribution in [3.63, 3.8) is 0 Å². The normalized spacial score (nSPS) is 14.3. The third-order valence-corrected chi connectivity index (χ3v) is 2.20. The van der Waals surface area contributed by atoms with E-state index in [1.165, 1.54) is 0 Å². The second-order valence-corrected chi connectivity index (χ2v) is 3.71. The zero-order valence-corrected chi connectivity index (χ0v) is 8.74. The van der Waals surface area contributed by atoms with Gasteiger partial charge >= 0.3 is 0 Å². The lowest BCUT2D eigenvalue weighted by atomic mass is 10.1. The van der Waals surface area contributed by atoms with Gasteiger partial charge in [-0.3, -0.25) is 14.1 Å². The van der Waals surface area contributed by atoms with Crippen molar-refractivity contribution in [3.8, 4) is 0 Å². The van der Waals surface area contributed by atoms with Gasteiger partial charge in [-0.1, -0.05) is 30.3 Å². The molecule has 1 unspecified atom stereocenters. The molecule has 0 saturated carbocycles. The molecule has 0 aliphatic carbocycles. The lowest BCUT2D eigenvalue weighted by molar-refractivity contribution is -0.120. The van der Waals surface area contributed by atoms with Crippen LogP contribution in [-0.2, 0) is 22.5 Å². The summed E-state index contributed by atoms with van der Waals surface area (Å²) in [4.78, 5) is 11.2. The minimum Gasteiger partial charge on any atom is -0.320 e. The number of amides is 1. The van der Waals surface area contributed by atoms with Crippen LogP contribution in [0.1, 0.15) is 5.56 Å². The van der Waals surface area contributed by atoms with Gasteiger partial charge in [-0.2, -0.15) is 0 Å². The average molecular weight is 228 g/mol. The molecule has 2 atom stereocenters. The smallest absolute Gasteiger partial charge is 0.261 e. The van der Waals surface area contributed by atoms with Gasteiger partial charge in [0.05, 0.1) is 6.04 Å². The molecule has 0 aliphatic rings. The molecule has 0 fully saturated rings. The summed E-state index contributed by atoms with van der Waals surface area (Å²) in [5, 5.41) is 0. The number of hydrogen-bond donors (Lipinski definition) is 3. The Bertz CT molecular complexity index is 356. The Labute approximate surface area is 90.1 Å². The molecule has 0 spiro atoms. The zero-order valence-electron chi connectivity index (χ0n) is 7.92. The fourth-order valence-corrected chi connectivity index (χ4v) is 1.45. The van der Waals surface area contributed by atoms with Gasteiger partial charge in [0.15, 0.2) is 0 Å². The lowest BCUT2D eigenvalue weighted by Crippen LogP contribution is -2.42. The van der Waals surface area contributed by atoms with E-state index in [1.807, 2.05) is 35.1 Å². The number of benzene rings is 1. The molecule has 0 saturated heterocycles. The minimum atomic E-state index is -2.35. The standard InChI is InChI=1S/C9H12N2O3S/c10-8(9(12)11-15(13)14)6-7-4-2-1-3-5-7/h1-5,8H,6,10H2,(H,11,12)(H,13,14)/t8-/m0/s1. The monoisotopic (exact) mass is 228 g/mol. The van der Waals surface area contributed by atoms with E-state index in [2.05, 4.69) is 0 Å². The summed E-state index contributed by atoms with van der Waals surface area (Å²) in [7, 11) is 0. The second-order valence-electron chi connectivity index (χ2n) is 3.01. The van der Waals surface area contributed by atoms with Crippen molar-refractivity contribution in [2.75, 3.05) is 0 Å². The molecule has 0 radical (unpaired) electrons. The van der Waals surface area contributed by atoms with Crippen molar-refractivity contribution < 1.29 is 13.6 Å². The Balaban J connectivity index is 2.52. The van der Waals surface area contributed by atoms with Crippen LogP contribution in [0.3, 0.4) is 0 Å². The summed E-state index contributed by atoms with van der Waals surface area (Å²) < 4.78 is 20.5. The third-order valence-electron chi connectivity index (χ3n) is 1.82. The van der Waals surface area contributed by atoms with Gasteiger partial charge in [0.25, 0.3) is 17.2 Å². The highest BCUT2D eigenvalue weighted by Gasteiger charge is 2.15. The van der Waals surface area contributed by atoms with Crippen molar-refractivity contribution in [2.45, 2.75) is 12.5 Å². The minimum absolute atomic E-state index is 0.337. The van der Waals surface area contributed by atoms with Crippen molar-refractivity contribution in [2.24, 2.45) is 5.73 Å². The van der Waals surface area contributed by atoms with Gasteiger partial charge in [-0.15, -0.1) is 0 Å². The van der Waals surface area contributed by atoms with Crippen molar-refractivity contribution in [3.05, 3.63) is 35.9 Å². The van der Waals surface area contributed by atoms with Gasteiger partial charge in [0.2, 0.25) is 0 Å². The fraction of sp³-hybridized carbons (Fsp3) is 0.222. The molecular weight excluding hydrogens is 216 g/mol. The quantitative estimate of drug-likeness (QED) is 0.623. The van der Waals surface area contributed by atoms with Crippen LogP contribution in [0, 0.1) is 0 Å². The summed E-state index contributed by atoms with van der Waals surface area (Å²) in [6, 6.07) is 8.39. The molecule has 1 rings (SSSR count). The first-order valence-corrected chi connectivity index (χ1v) is 5.41. The van der Waals surface area contributed by atoms with Gasteiger partial charge < -0.3 is 5.73 Å². The molecule has 15 heavy (non-hydrogen) atoms. The molecule has 5 nitrogen and oxygen atoms in total. The number of carbonyl (C=O) groups excluding carboxylic acids is 1. The largest absolute Gasteiger partial charge is 0.320 e. The van der Waals surface area contributed by atoms with Crippen LogP contribution in [0.5, 0.6) is 0 Å². The Hall–Kier alpha value is -1.24. The molecule has 82 valence electrons. The predicted octanol–water partition coefficient (Wildman–Crippen LogP) is -0.191. The van der Waals surface area contributed by atoms with E-state index in [4.69, 9.17) is 10.3 Å². The van der Waals surface area contributed by atoms with E-state index in [1.54, 1.807) is 0 Å². The maximum absolute atomic E-state index is 11.2. The van der Waals surface area contributed by atoms with E-state index >= 15 is 0 Å². The van der Waals surface area contributed by atoms with Crippen LogP contribution < -0.4 is 10.5 Å². The molecule has 1 amide bonds. The number of carbonyl (C=O) groups is 1. The number of nitrogens with two attached hydrogens (primary N) is 1. The summed E-state index contributed by atoms with van der Waals surface area (Å²) in [5.41, 5.74) is 6.45. The third kappa shape index (κ3) is 4.20. The van der Waals surface area contributed by atoms with Crippen molar-refractivity contribution in [1.29, 1.82) is 0 Å². The molecule has 6 heteroatoms. The molecule has 1 aromatic rings. The maximum atomic E-state index is 11.2. The number of nitrogens with one attached hydrogen (secondary N) is 1. The first-order valence-electron chi connectivity index (χ1n) is 4.30. The van der Waals surface area contributed by atoms with Crippen LogP contribution >= 0.6 is 0 Å². The van der Waals surface area contributed by atoms with Gasteiger partial charge in [0, 0.05) is 0 Å². The summed E-state index contributed by atoms with van der Waals surface area (Å²) >= 11 is -2.35. The molecule has 0 aromatic heterocycles. The Kier molecular flexibility index (Phi) is 4.41. The Morgan fingerprint density at radius 2 is 2.07 bits per heavy atom. The molecule has 0 aliphatic heterocycles. The van der Waals surface area contributed by atoms with Gasteiger partial charge in [0.1, 0.15) is 0 Å². The van der Waals surface area contributed by atoms with E-state index in [9.17, 15) is 9.00 Å². The van der Waals surface area contributed by atoms with Crippen LogP contribution in [0.4, 0.5) is 0 Å². The van der Waals surface area contributed by atoms with Gasteiger partial charge in [-0.25, -0.2) is 4.21 Å². The van der Waals surface area contributed by atoms with E-state index in [0.717, 1.165) is 5.56 Å². The number of rotatable bonds is 4. The first kappa shape index (κ1) is 11.8. The highest BCUT2D eigenvalue weighted by molar-refractivity contribution is 7.77. The zero-order chi connectivity index (χ0) is 11.3. The molecule has 0 bridgehead atoms. The molecule has 4 N–H and O–H groups in total. The predicted molar refractivity (Wildman–Crippen MR) is 57.0 cm³/mol.